The molecule has 1 unspecified atom stereocenters. The molecule has 20 heavy (non-hydrogen) atoms. The van der Waals surface area contributed by atoms with Crippen LogP contribution in [0, 0.1) is 25.2 Å². The van der Waals surface area contributed by atoms with Crippen molar-refractivity contribution in [3.8, 4) is 0 Å². The van der Waals surface area contributed by atoms with Crippen LogP contribution in [-0.4, -0.2) is 11.7 Å². The molecule has 1 aliphatic rings. The highest BCUT2D eigenvalue weighted by molar-refractivity contribution is 5.32. The number of aliphatic hydroxyl groups excluding tert-OH is 1. The molecule has 2 heteroatoms. The summed E-state index contributed by atoms with van der Waals surface area (Å²) in [6.07, 6.45) is 5.34. The fourth-order valence-electron chi connectivity index (χ4n) is 3.54. The summed E-state index contributed by atoms with van der Waals surface area (Å²) in [7, 11) is 0. The lowest BCUT2D eigenvalue weighted by atomic mass is 9.65. The zero-order valence-corrected chi connectivity index (χ0v) is 13.2. The van der Waals surface area contributed by atoms with E-state index in [9.17, 15) is 5.11 Å². The minimum absolute atomic E-state index is 0.118. The van der Waals surface area contributed by atoms with Crippen LogP contribution in [0.1, 0.15) is 61.8 Å². The smallest absolute Gasteiger partial charge is 0.0858 e. The maximum Gasteiger partial charge on any atom is 0.0858 e. The van der Waals surface area contributed by atoms with E-state index in [4.69, 9.17) is 5.73 Å². The SMILES string of the molecule is CCC1CCC(CN)(C(O)c2ccc(C)c(C)c2)CC1. The van der Waals surface area contributed by atoms with E-state index in [1.807, 2.05) is 0 Å². The number of benzene rings is 1. The Morgan fingerprint density at radius 1 is 1.25 bits per heavy atom. The van der Waals surface area contributed by atoms with E-state index in [1.54, 1.807) is 0 Å². The van der Waals surface area contributed by atoms with Crippen LogP contribution in [0.5, 0.6) is 0 Å². The Bertz CT molecular complexity index is 447. The molecule has 1 saturated carbocycles. The first-order chi connectivity index (χ1) is 9.52. The van der Waals surface area contributed by atoms with Crippen LogP contribution in [-0.2, 0) is 0 Å². The van der Waals surface area contributed by atoms with E-state index in [0.29, 0.717) is 6.54 Å². The van der Waals surface area contributed by atoms with E-state index in [2.05, 4.69) is 39.0 Å². The number of rotatable bonds is 4. The van der Waals surface area contributed by atoms with Gasteiger partial charge < -0.3 is 10.8 Å². The molecular formula is C18H29NO. The molecule has 1 fully saturated rings. The average molecular weight is 275 g/mol. The molecule has 1 aliphatic carbocycles. The molecule has 2 rings (SSSR count). The monoisotopic (exact) mass is 275 g/mol. The summed E-state index contributed by atoms with van der Waals surface area (Å²) in [4.78, 5) is 0. The van der Waals surface area contributed by atoms with Gasteiger partial charge in [0.25, 0.3) is 0 Å². The number of hydrogen-bond donors (Lipinski definition) is 2. The predicted molar refractivity (Wildman–Crippen MR) is 84.6 cm³/mol. The third-order valence-electron chi connectivity index (χ3n) is 5.51. The Morgan fingerprint density at radius 3 is 2.40 bits per heavy atom. The summed E-state index contributed by atoms with van der Waals surface area (Å²) >= 11 is 0. The van der Waals surface area contributed by atoms with Gasteiger partial charge in [-0.15, -0.1) is 0 Å². The standard InChI is InChI=1S/C18H29NO/c1-4-15-7-9-18(12-19,10-8-15)17(20)16-6-5-13(2)14(3)11-16/h5-6,11,15,17,20H,4,7-10,12,19H2,1-3H3. The largest absolute Gasteiger partial charge is 0.388 e. The number of hydrogen-bond acceptors (Lipinski definition) is 2. The van der Waals surface area contributed by atoms with Crippen molar-refractivity contribution in [2.45, 2.75) is 59.0 Å². The van der Waals surface area contributed by atoms with Crippen molar-refractivity contribution in [3.05, 3.63) is 34.9 Å². The van der Waals surface area contributed by atoms with Crippen LogP contribution in [0.3, 0.4) is 0 Å². The molecule has 2 nitrogen and oxygen atoms in total. The van der Waals surface area contributed by atoms with E-state index in [0.717, 1.165) is 24.3 Å². The molecule has 0 aromatic heterocycles. The Hall–Kier alpha value is -0.860. The summed E-state index contributed by atoms with van der Waals surface area (Å²) < 4.78 is 0. The molecule has 112 valence electrons. The molecule has 3 N–H and O–H groups in total. The van der Waals surface area contributed by atoms with Gasteiger partial charge in [-0.05, 0) is 62.1 Å². The Balaban J connectivity index is 2.20. The molecule has 0 amide bonds. The van der Waals surface area contributed by atoms with Crippen molar-refractivity contribution in [2.75, 3.05) is 6.54 Å². The Morgan fingerprint density at radius 2 is 1.90 bits per heavy atom. The minimum atomic E-state index is -0.426. The normalized spacial score (nSPS) is 28.4. The third-order valence-corrected chi connectivity index (χ3v) is 5.51. The lowest BCUT2D eigenvalue weighted by molar-refractivity contribution is -0.0103. The van der Waals surface area contributed by atoms with Gasteiger partial charge in [-0.3, -0.25) is 0 Å². The highest BCUT2D eigenvalue weighted by Crippen LogP contribution is 2.47. The highest BCUT2D eigenvalue weighted by Gasteiger charge is 2.40. The summed E-state index contributed by atoms with van der Waals surface area (Å²) in [5.41, 5.74) is 9.51. The van der Waals surface area contributed by atoms with E-state index >= 15 is 0 Å². The van der Waals surface area contributed by atoms with E-state index in [1.165, 1.54) is 30.4 Å². The maximum absolute atomic E-state index is 10.9. The van der Waals surface area contributed by atoms with Crippen molar-refractivity contribution < 1.29 is 5.11 Å². The van der Waals surface area contributed by atoms with Crippen LogP contribution in [0.2, 0.25) is 0 Å². The van der Waals surface area contributed by atoms with Gasteiger partial charge in [0, 0.05) is 12.0 Å². The first kappa shape index (κ1) is 15.5. The first-order valence-electron chi connectivity index (χ1n) is 7.97. The number of aryl methyl sites for hydroxylation is 2. The zero-order valence-electron chi connectivity index (χ0n) is 13.2. The van der Waals surface area contributed by atoms with Gasteiger partial charge in [0.05, 0.1) is 6.10 Å². The quantitative estimate of drug-likeness (QED) is 0.876. The van der Waals surface area contributed by atoms with Gasteiger partial charge in [-0.1, -0.05) is 31.5 Å². The van der Waals surface area contributed by atoms with Gasteiger partial charge in [0.1, 0.15) is 0 Å². The second kappa shape index (κ2) is 6.28. The highest BCUT2D eigenvalue weighted by atomic mass is 16.3. The fraction of sp³-hybridized carbons (Fsp3) is 0.667. The second-order valence-electron chi connectivity index (χ2n) is 6.66. The molecule has 1 atom stereocenters. The topological polar surface area (TPSA) is 46.2 Å². The second-order valence-corrected chi connectivity index (χ2v) is 6.66. The van der Waals surface area contributed by atoms with Crippen LogP contribution < -0.4 is 5.73 Å². The van der Waals surface area contributed by atoms with E-state index in [-0.39, 0.29) is 5.41 Å². The third kappa shape index (κ3) is 2.91. The fourth-order valence-corrected chi connectivity index (χ4v) is 3.54. The summed E-state index contributed by atoms with van der Waals surface area (Å²) in [6.45, 7) is 7.06. The average Bonchev–Trinajstić information content (AvgIpc) is 2.49. The summed E-state index contributed by atoms with van der Waals surface area (Å²) in [5.74, 6) is 0.821. The van der Waals surface area contributed by atoms with Crippen molar-refractivity contribution in [2.24, 2.45) is 17.1 Å². The Kier molecular flexibility index (Phi) is 4.87. The zero-order chi connectivity index (χ0) is 14.8. The molecule has 0 aliphatic heterocycles. The summed E-state index contributed by atoms with van der Waals surface area (Å²) in [6, 6.07) is 6.30. The van der Waals surface area contributed by atoms with Crippen molar-refractivity contribution >= 4 is 0 Å². The molecule has 1 aromatic rings. The van der Waals surface area contributed by atoms with Crippen LogP contribution >= 0.6 is 0 Å². The van der Waals surface area contributed by atoms with Crippen LogP contribution in [0.15, 0.2) is 18.2 Å². The summed E-state index contributed by atoms with van der Waals surface area (Å²) in [5, 5.41) is 10.9. The Labute approximate surface area is 123 Å². The predicted octanol–water partition coefficient (Wildman–Crippen LogP) is 3.88. The minimum Gasteiger partial charge on any atom is -0.388 e. The molecule has 0 bridgehead atoms. The number of aliphatic hydroxyl groups is 1. The van der Waals surface area contributed by atoms with E-state index < -0.39 is 6.10 Å². The number of nitrogens with two attached hydrogens (primary N) is 1. The molecule has 0 spiro atoms. The lowest BCUT2D eigenvalue weighted by Gasteiger charge is -2.43. The maximum atomic E-state index is 10.9. The van der Waals surface area contributed by atoms with Crippen molar-refractivity contribution in [3.63, 3.8) is 0 Å². The molecule has 0 radical (unpaired) electrons. The van der Waals surface area contributed by atoms with Gasteiger partial charge >= 0.3 is 0 Å². The van der Waals surface area contributed by atoms with Crippen molar-refractivity contribution in [1.29, 1.82) is 0 Å². The molecule has 0 saturated heterocycles. The van der Waals surface area contributed by atoms with Gasteiger partial charge in [-0.25, -0.2) is 0 Å². The lowest BCUT2D eigenvalue weighted by Crippen LogP contribution is -2.40. The molecular weight excluding hydrogens is 246 g/mol. The molecule has 1 aromatic carbocycles. The van der Waals surface area contributed by atoms with Gasteiger partial charge in [-0.2, -0.15) is 0 Å². The first-order valence-corrected chi connectivity index (χ1v) is 7.97. The van der Waals surface area contributed by atoms with Crippen LogP contribution in [0.4, 0.5) is 0 Å². The molecule has 0 heterocycles. The van der Waals surface area contributed by atoms with Crippen molar-refractivity contribution in [1.82, 2.24) is 0 Å². The van der Waals surface area contributed by atoms with Gasteiger partial charge in [0.15, 0.2) is 0 Å². The van der Waals surface area contributed by atoms with Crippen LogP contribution in [0.25, 0.3) is 0 Å². The van der Waals surface area contributed by atoms with Gasteiger partial charge in [0.2, 0.25) is 0 Å².